The van der Waals surface area contributed by atoms with Gasteiger partial charge in [-0.1, -0.05) is 31.1 Å². The lowest BCUT2D eigenvalue weighted by Crippen LogP contribution is -2.25. The van der Waals surface area contributed by atoms with Crippen LogP contribution in [0.4, 0.5) is 5.13 Å². The molecule has 6 heteroatoms. The lowest BCUT2D eigenvalue weighted by atomic mass is 10.1. The summed E-state index contributed by atoms with van der Waals surface area (Å²) in [6.45, 7) is 3.44. The number of anilines is 1. The molecule has 5 nitrogen and oxygen atoms in total. The number of unbranched alkanes of at least 4 members (excludes halogenated alkanes) is 2. The Bertz CT molecular complexity index is 407. The maximum Gasteiger partial charge on any atom is 0.229 e. The van der Waals surface area contributed by atoms with Crippen molar-refractivity contribution in [3.05, 3.63) is 5.01 Å². The summed E-state index contributed by atoms with van der Waals surface area (Å²) in [5.41, 5.74) is 5.61. The standard InChI is InChI=1S/C12H20N4OS/c1-2-3-4-5-10-14-15-12(18-10)16-8-9(7-13)6-11(16)17/h9H,2-8,13H2,1H3. The molecule has 0 bridgehead atoms. The molecule has 2 rings (SSSR count). The van der Waals surface area contributed by atoms with E-state index >= 15 is 0 Å². The van der Waals surface area contributed by atoms with Crippen LogP contribution in [0, 0.1) is 5.92 Å². The van der Waals surface area contributed by atoms with E-state index in [4.69, 9.17) is 5.73 Å². The van der Waals surface area contributed by atoms with Crippen LogP contribution in [-0.4, -0.2) is 29.2 Å². The molecule has 2 N–H and O–H groups in total. The van der Waals surface area contributed by atoms with Crippen LogP contribution in [-0.2, 0) is 11.2 Å². The van der Waals surface area contributed by atoms with Crippen molar-refractivity contribution in [1.82, 2.24) is 10.2 Å². The molecule has 1 aliphatic heterocycles. The van der Waals surface area contributed by atoms with Gasteiger partial charge in [0.1, 0.15) is 5.01 Å². The molecule has 0 aliphatic carbocycles. The molecule has 1 aromatic heterocycles. The van der Waals surface area contributed by atoms with E-state index in [1.807, 2.05) is 0 Å². The lowest BCUT2D eigenvalue weighted by Gasteiger charge is -2.10. The molecular weight excluding hydrogens is 248 g/mol. The Morgan fingerprint density at radius 1 is 1.44 bits per heavy atom. The Hall–Kier alpha value is -1.01. The van der Waals surface area contributed by atoms with Crippen LogP contribution in [0.2, 0.25) is 0 Å². The van der Waals surface area contributed by atoms with Crippen LogP contribution in [0.3, 0.4) is 0 Å². The molecule has 1 fully saturated rings. The third-order valence-corrected chi connectivity index (χ3v) is 4.23. The first-order chi connectivity index (χ1) is 8.74. The van der Waals surface area contributed by atoms with E-state index in [1.54, 1.807) is 4.90 Å². The first kappa shape index (κ1) is 13.4. The Kier molecular flexibility index (Phi) is 4.66. The SMILES string of the molecule is CCCCCc1nnc(N2CC(CN)CC2=O)s1. The summed E-state index contributed by atoms with van der Waals surface area (Å²) in [5.74, 6) is 0.395. The van der Waals surface area contributed by atoms with E-state index < -0.39 is 0 Å². The Labute approximate surface area is 111 Å². The first-order valence-electron chi connectivity index (χ1n) is 6.57. The van der Waals surface area contributed by atoms with E-state index in [1.165, 1.54) is 24.2 Å². The number of nitrogens with zero attached hydrogens (tertiary/aromatic N) is 3. The molecule has 1 amide bonds. The summed E-state index contributed by atoms with van der Waals surface area (Å²) in [6, 6.07) is 0. The summed E-state index contributed by atoms with van der Waals surface area (Å²) in [4.78, 5) is 13.6. The molecule has 1 unspecified atom stereocenters. The van der Waals surface area contributed by atoms with Crippen molar-refractivity contribution in [3.8, 4) is 0 Å². The highest BCUT2D eigenvalue weighted by Crippen LogP contribution is 2.27. The monoisotopic (exact) mass is 268 g/mol. The van der Waals surface area contributed by atoms with Crippen molar-refractivity contribution in [1.29, 1.82) is 0 Å². The summed E-state index contributed by atoms with van der Waals surface area (Å²) in [5, 5.41) is 10.1. The van der Waals surface area contributed by atoms with Gasteiger partial charge >= 0.3 is 0 Å². The number of aromatic nitrogens is 2. The van der Waals surface area contributed by atoms with E-state index in [0.717, 1.165) is 23.0 Å². The molecule has 0 aromatic carbocycles. The van der Waals surface area contributed by atoms with Crippen molar-refractivity contribution < 1.29 is 4.79 Å². The molecular formula is C12H20N4OS. The van der Waals surface area contributed by atoms with Gasteiger partial charge in [0, 0.05) is 19.4 Å². The molecule has 1 saturated heterocycles. The van der Waals surface area contributed by atoms with Crippen molar-refractivity contribution in [2.75, 3.05) is 18.0 Å². The summed E-state index contributed by atoms with van der Waals surface area (Å²) < 4.78 is 0. The number of rotatable bonds is 6. The van der Waals surface area contributed by atoms with Gasteiger partial charge in [0.2, 0.25) is 11.0 Å². The molecule has 0 radical (unpaired) electrons. The average Bonchev–Trinajstić information content (AvgIpc) is 2.96. The van der Waals surface area contributed by atoms with Crippen LogP contribution in [0.1, 0.15) is 37.6 Å². The van der Waals surface area contributed by atoms with Crippen LogP contribution < -0.4 is 10.6 Å². The third-order valence-electron chi connectivity index (χ3n) is 3.22. The number of carbonyl (C=O) groups excluding carboxylic acids is 1. The minimum absolute atomic E-state index is 0.127. The molecule has 18 heavy (non-hydrogen) atoms. The minimum Gasteiger partial charge on any atom is -0.330 e. The molecule has 2 heterocycles. The predicted molar refractivity (Wildman–Crippen MR) is 72.7 cm³/mol. The van der Waals surface area contributed by atoms with E-state index in [9.17, 15) is 4.79 Å². The van der Waals surface area contributed by atoms with E-state index in [0.29, 0.717) is 19.5 Å². The zero-order valence-electron chi connectivity index (χ0n) is 10.8. The highest BCUT2D eigenvalue weighted by molar-refractivity contribution is 7.15. The Morgan fingerprint density at radius 2 is 2.28 bits per heavy atom. The average molecular weight is 268 g/mol. The van der Waals surface area contributed by atoms with E-state index in [2.05, 4.69) is 17.1 Å². The molecule has 0 spiro atoms. The Balaban J connectivity index is 1.95. The first-order valence-corrected chi connectivity index (χ1v) is 7.39. The lowest BCUT2D eigenvalue weighted by molar-refractivity contribution is -0.117. The fourth-order valence-electron chi connectivity index (χ4n) is 2.11. The Morgan fingerprint density at radius 3 is 2.94 bits per heavy atom. The molecule has 1 aliphatic rings. The number of carbonyl (C=O) groups is 1. The fourth-order valence-corrected chi connectivity index (χ4v) is 3.01. The number of hydrogen-bond donors (Lipinski definition) is 1. The summed E-state index contributed by atoms with van der Waals surface area (Å²) in [7, 11) is 0. The maximum absolute atomic E-state index is 11.8. The quantitative estimate of drug-likeness (QED) is 0.795. The van der Waals surface area contributed by atoms with Gasteiger partial charge in [-0.25, -0.2) is 0 Å². The van der Waals surface area contributed by atoms with Crippen molar-refractivity contribution >= 4 is 22.4 Å². The van der Waals surface area contributed by atoms with Gasteiger partial charge in [-0.15, -0.1) is 10.2 Å². The van der Waals surface area contributed by atoms with Gasteiger partial charge in [0.05, 0.1) is 0 Å². The van der Waals surface area contributed by atoms with Crippen molar-refractivity contribution in [2.24, 2.45) is 11.7 Å². The zero-order chi connectivity index (χ0) is 13.0. The minimum atomic E-state index is 0.127. The number of hydrogen-bond acceptors (Lipinski definition) is 5. The second-order valence-electron chi connectivity index (χ2n) is 4.75. The highest BCUT2D eigenvalue weighted by atomic mass is 32.1. The zero-order valence-corrected chi connectivity index (χ0v) is 11.6. The fraction of sp³-hybridized carbons (Fsp3) is 0.750. The van der Waals surface area contributed by atoms with Crippen LogP contribution >= 0.6 is 11.3 Å². The maximum atomic E-state index is 11.8. The van der Waals surface area contributed by atoms with Crippen molar-refractivity contribution in [2.45, 2.75) is 39.0 Å². The predicted octanol–water partition coefficient (Wildman–Crippen LogP) is 1.58. The van der Waals surface area contributed by atoms with Gasteiger partial charge in [-0.05, 0) is 18.9 Å². The molecule has 0 saturated carbocycles. The second kappa shape index (κ2) is 6.24. The number of amides is 1. The molecule has 1 aromatic rings. The smallest absolute Gasteiger partial charge is 0.229 e. The van der Waals surface area contributed by atoms with Gasteiger partial charge in [0.25, 0.3) is 0 Å². The number of nitrogens with two attached hydrogens (primary N) is 1. The van der Waals surface area contributed by atoms with Gasteiger partial charge < -0.3 is 5.73 Å². The topological polar surface area (TPSA) is 72.1 Å². The van der Waals surface area contributed by atoms with Crippen LogP contribution in [0.15, 0.2) is 0 Å². The largest absolute Gasteiger partial charge is 0.330 e. The van der Waals surface area contributed by atoms with Gasteiger partial charge in [-0.2, -0.15) is 0 Å². The number of aryl methyl sites for hydroxylation is 1. The third kappa shape index (κ3) is 3.05. The molecule has 1 atom stereocenters. The van der Waals surface area contributed by atoms with Gasteiger partial charge in [-0.3, -0.25) is 9.69 Å². The van der Waals surface area contributed by atoms with Crippen LogP contribution in [0.25, 0.3) is 0 Å². The highest BCUT2D eigenvalue weighted by Gasteiger charge is 2.31. The normalized spacial score (nSPS) is 19.8. The van der Waals surface area contributed by atoms with E-state index in [-0.39, 0.29) is 11.8 Å². The van der Waals surface area contributed by atoms with Crippen molar-refractivity contribution in [3.63, 3.8) is 0 Å². The second-order valence-corrected chi connectivity index (χ2v) is 5.79. The summed E-state index contributed by atoms with van der Waals surface area (Å²) in [6.07, 6.45) is 5.07. The summed E-state index contributed by atoms with van der Waals surface area (Å²) >= 11 is 1.54. The van der Waals surface area contributed by atoms with Crippen LogP contribution in [0.5, 0.6) is 0 Å². The van der Waals surface area contributed by atoms with Gasteiger partial charge in [0.15, 0.2) is 0 Å². The molecule has 100 valence electrons.